The van der Waals surface area contributed by atoms with Gasteiger partial charge >= 0.3 is 0 Å². The molecule has 102 valence electrons. The number of halogens is 1. The van der Waals surface area contributed by atoms with E-state index in [-0.39, 0.29) is 6.61 Å². The normalized spacial score (nSPS) is 9.85. The number of nitriles is 1. The lowest BCUT2D eigenvalue weighted by atomic mass is 10.2. The molecule has 2 rings (SSSR count). The first-order valence-corrected chi connectivity index (χ1v) is 6.63. The van der Waals surface area contributed by atoms with Gasteiger partial charge in [-0.25, -0.2) is 4.98 Å². The predicted molar refractivity (Wildman–Crippen MR) is 78.9 cm³/mol. The van der Waals surface area contributed by atoms with E-state index in [2.05, 4.69) is 16.4 Å². The number of nitrogens with zero attached hydrogens (tertiary/aromatic N) is 2. The van der Waals surface area contributed by atoms with Crippen molar-refractivity contribution in [3.8, 4) is 11.8 Å². The summed E-state index contributed by atoms with van der Waals surface area (Å²) in [5, 5.41) is 12.7. The molecule has 0 atom stereocenters. The largest absolute Gasteiger partial charge is 0.486 e. The van der Waals surface area contributed by atoms with Crippen LogP contribution in [0.5, 0.6) is 5.75 Å². The van der Waals surface area contributed by atoms with Crippen LogP contribution in [0.1, 0.15) is 18.2 Å². The zero-order valence-corrected chi connectivity index (χ0v) is 11.8. The van der Waals surface area contributed by atoms with Gasteiger partial charge in [0.15, 0.2) is 0 Å². The first-order chi connectivity index (χ1) is 9.74. The van der Waals surface area contributed by atoms with Crippen molar-refractivity contribution in [1.29, 1.82) is 5.26 Å². The van der Waals surface area contributed by atoms with Crippen molar-refractivity contribution in [2.45, 2.75) is 13.5 Å². The third-order valence-electron chi connectivity index (χ3n) is 2.65. The highest BCUT2D eigenvalue weighted by Gasteiger charge is 2.07. The average molecular weight is 288 g/mol. The van der Waals surface area contributed by atoms with Gasteiger partial charge in [0.25, 0.3) is 0 Å². The van der Waals surface area contributed by atoms with Crippen molar-refractivity contribution in [1.82, 2.24) is 4.98 Å². The molecule has 1 aromatic heterocycles. The molecule has 5 heteroatoms. The van der Waals surface area contributed by atoms with Crippen LogP contribution in [0.2, 0.25) is 5.02 Å². The van der Waals surface area contributed by atoms with E-state index in [1.165, 1.54) is 0 Å². The van der Waals surface area contributed by atoms with Crippen LogP contribution in [0.15, 0.2) is 36.4 Å². The summed E-state index contributed by atoms with van der Waals surface area (Å²) in [5.41, 5.74) is 1.13. The molecule has 0 aliphatic rings. The summed E-state index contributed by atoms with van der Waals surface area (Å²) in [6.45, 7) is 3.00. The molecule has 1 aromatic carbocycles. The fourth-order valence-electron chi connectivity index (χ4n) is 1.70. The fourth-order valence-corrected chi connectivity index (χ4v) is 1.86. The number of benzene rings is 1. The highest BCUT2D eigenvalue weighted by molar-refractivity contribution is 6.31. The Bertz CT molecular complexity index is 637. The van der Waals surface area contributed by atoms with Gasteiger partial charge in [0.05, 0.1) is 16.3 Å². The van der Waals surface area contributed by atoms with Crippen molar-refractivity contribution in [3.63, 3.8) is 0 Å². The number of rotatable bonds is 5. The Morgan fingerprint density at radius 2 is 2.10 bits per heavy atom. The Hall–Kier alpha value is -2.25. The summed E-state index contributed by atoms with van der Waals surface area (Å²) in [6, 6.07) is 12.8. The maximum Gasteiger partial charge on any atom is 0.137 e. The highest BCUT2D eigenvalue weighted by Crippen LogP contribution is 2.21. The van der Waals surface area contributed by atoms with Crippen LogP contribution < -0.4 is 10.1 Å². The molecule has 0 aliphatic heterocycles. The van der Waals surface area contributed by atoms with Crippen molar-refractivity contribution in [2.24, 2.45) is 0 Å². The van der Waals surface area contributed by atoms with Gasteiger partial charge in [-0.1, -0.05) is 23.7 Å². The molecular weight excluding hydrogens is 274 g/mol. The minimum atomic E-state index is 0.219. The van der Waals surface area contributed by atoms with Gasteiger partial charge in [0.1, 0.15) is 24.2 Å². The third kappa shape index (κ3) is 3.40. The Morgan fingerprint density at radius 1 is 1.30 bits per heavy atom. The van der Waals surface area contributed by atoms with Crippen LogP contribution in [-0.4, -0.2) is 11.5 Å². The summed E-state index contributed by atoms with van der Waals surface area (Å²) >= 11 is 6.10. The van der Waals surface area contributed by atoms with Gasteiger partial charge in [0, 0.05) is 6.54 Å². The van der Waals surface area contributed by atoms with Gasteiger partial charge in [-0.05, 0) is 31.2 Å². The molecule has 0 saturated heterocycles. The van der Waals surface area contributed by atoms with E-state index in [9.17, 15) is 0 Å². The van der Waals surface area contributed by atoms with Gasteiger partial charge in [-0.2, -0.15) is 5.26 Å². The number of hydrogen-bond acceptors (Lipinski definition) is 4. The lowest BCUT2D eigenvalue weighted by molar-refractivity contribution is 0.300. The van der Waals surface area contributed by atoms with Crippen molar-refractivity contribution in [3.05, 3.63) is 52.7 Å². The second-order valence-electron chi connectivity index (χ2n) is 4.05. The Kier molecular flexibility index (Phi) is 4.80. The smallest absolute Gasteiger partial charge is 0.137 e. The molecule has 0 aliphatic carbocycles. The molecule has 20 heavy (non-hydrogen) atoms. The van der Waals surface area contributed by atoms with Gasteiger partial charge in [-0.15, -0.1) is 0 Å². The van der Waals surface area contributed by atoms with Gasteiger partial charge in [-0.3, -0.25) is 0 Å². The predicted octanol–water partition coefficient (Wildman–Crippen LogP) is 3.62. The molecule has 0 amide bonds. The van der Waals surface area contributed by atoms with E-state index in [1.807, 2.05) is 19.1 Å². The van der Waals surface area contributed by atoms with Gasteiger partial charge < -0.3 is 10.1 Å². The molecule has 0 spiro atoms. The molecular formula is C15H14ClN3O. The Morgan fingerprint density at radius 3 is 2.85 bits per heavy atom. The number of ether oxygens (including phenoxy) is 1. The average Bonchev–Trinajstić information content (AvgIpc) is 2.48. The van der Waals surface area contributed by atoms with E-state index < -0.39 is 0 Å². The number of para-hydroxylation sites is 1. The zero-order chi connectivity index (χ0) is 14.4. The molecule has 0 radical (unpaired) electrons. The maximum absolute atomic E-state index is 9.00. The third-order valence-corrected chi connectivity index (χ3v) is 2.99. The lowest BCUT2D eigenvalue weighted by Crippen LogP contribution is -2.05. The standard InChI is InChI=1S/C15H14ClN3O/c1-2-18-15-8-7-12(16)13(19-15)10-20-14-6-4-3-5-11(14)9-17/h3-8H,2,10H2,1H3,(H,18,19). The number of pyridine rings is 1. The summed E-state index contributed by atoms with van der Waals surface area (Å²) in [7, 11) is 0. The minimum absolute atomic E-state index is 0.219. The van der Waals surface area contributed by atoms with E-state index in [1.54, 1.807) is 24.3 Å². The fraction of sp³-hybridized carbons (Fsp3) is 0.200. The zero-order valence-electron chi connectivity index (χ0n) is 11.1. The summed E-state index contributed by atoms with van der Waals surface area (Å²) in [4.78, 5) is 4.38. The van der Waals surface area contributed by atoms with Crippen molar-refractivity contribution in [2.75, 3.05) is 11.9 Å². The second kappa shape index (κ2) is 6.78. The summed E-state index contributed by atoms with van der Waals surface area (Å²) in [6.07, 6.45) is 0. The van der Waals surface area contributed by atoms with Crippen molar-refractivity contribution < 1.29 is 4.74 Å². The van der Waals surface area contributed by atoms with E-state index in [4.69, 9.17) is 21.6 Å². The maximum atomic E-state index is 9.00. The Labute approximate surface area is 123 Å². The number of nitrogens with one attached hydrogen (secondary N) is 1. The summed E-state index contributed by atoms with van der Waals surface area (Å²) < 4.78 is 5.63. The monoisotopic (exact) mass is 287 g/mol. The first-order valence-electron chi connectivity index (χ1n) is 6.25. The van der Waals surface area contributed by atoms with E-state index >= 15 is 0 Å². The molecule has 2 aromatic rings. The molecule has 1 N–H and O–H groups in total. The molecule has 0 unspecified atom stereocenters. The molecule has 1 heterocycles. The van der Waals surface area contributed by atoms with Gasteiger partial charge in [0.2, 0.25) is 0 Å². The van der Waals surface area contributed by atoms with Crippen LogP contribution in [0.3, 0.4) is 0 Å². The first kappa shape index (κ1) is 14.2. The molecule has 0 fully saturated rings. The molecule has 0 bridgehead atoms. The Balaban J connectivity index is 2.14. The lowest BCUT2D eigenvalue weighted by Gasteiger charge is -2.10. The van der Waals surface area contributed by atoms with Crippen molar-refractivity contribution >= 4 is 17.4 Å². The topological polar surface area (TPSA) is 57.9 Å². The molecule has 0 saturated carbocycles. The van der Waals surface area contributed by atoms with Crippen LogP contribution in [0.4, 0.5) is 5.82 Å². The van der Waals surface area contributed by atoms with Crippen LogP contribution >= 0.6 is 11.6 Å². The molecule has 4 nitrogen and oxygen atoms in total. The quantitative estimate of drug-likeness (QED) is 0.912. The van der Waals surface area contributed by atoms with Crippen LogP contribution in [0, 0.1) is 11.3 Å². The summed E-state index contributed by atoms with van der Waals surface area (Å²) in [5.74, 6) is 1.28. The minimum Gasteiger partial charge on any atom is -0.486 e. The number of hydrogen-bond donors (Lipinski definition) is 1. The highest BCUT2D eigenvalue weighted by atomic mass is 35.5. The SMILES string of the molecule is CCNc1ccc(Cl)c(COc2ccccc2C#N)n1. The number of anilines is 1. The number of aromatic nitrogens is 1. The van der Waals surface area contributed by atoms with E-state index in [0.717, 1.165) is 12.4 Å². The van der Waals surface area contributed by atoms with Crippen LogP contribution in [0.25, 0.3) is 0 Å². The van der Waals surface area contributed by atoms with Crippen LogP contribution in [-0.2, 0) is 6.61 Å². The second-order valence-corrected chi connectivity index (χ2v) is 4.46. The van der Waals surface area contributed by atoms with E-state index in [0.29, 0.717) is 22.0 Å².